The molecule has 0 unspecified atom stereocenters. The van der Waals surface area contributed by atoms with Crippen molar-refractivity contribution in [1.29, 1.82) is 0 Å². The van der Waals surface area contributed by atoms with Crippen molar-refractivity contribution in [2.75, 3.05) is 6.54 Å². The molecule has 0 fully saturated rings. The van der Waals surface area contributed by atoms with Crippen LogP contribution in [0.1, 0.15) is 28.1 Å². The predicted molar refractivity (Wildman–Crippen MR) is 118 cm³/mol. The summed E-state index contributed by atoms with van der Waals surface area (Å²) in [5.41, 5.74) is 9.75. The van der Waals surface area contributed by atoms with Crippen LogP contribution in [-0.2, 0) is 11.2 Å². The van der Waals surface area contributed by atoms with Crippen molar-refractivity contribution >= 4 is 49.0 Å². The maximum Gasteiger partial charge on any atom is 0.263 e. The summed E-state index contributed by atoms with van der Waals surface area (Å²) in [6, 6.07) is 11.3. The molecule has 3 aromatic heterocycles. The molecule has 4 heterocycles. The number of H-pyrrole nitrogens is 2. The number of nitrogens with zero attached hydrogens (tertiary/aromatic N) is 3. The van der Waals surface area contributed by atoms with Gasteiger partial charge in [0.1, 0.15) is 16.6 Å². The third-order valence-electron chi connectivity index (χ3n) is 5.19. The third kappa shape index (κ3) is 3.20. The summed E-state index contributed by atoms with van der Waals surface area (Å²) in [4.78, 5) is 31.1. The number of aromatic amines is 2. The summed E-state index contributed by atoms with van der Waals surface area (Å²) in [5.74, 6) is -0.158. The minimum atomic E-state index is -0.365. The number of carbonyl (C=O) groups is 1. The van der Waals surface area contributed by atoms with Crippen molar-refractivity contribution in [1.82, 2.24) is 19.9 Å². The maximum atomic E-state index is 13.6. The fourth-order valence-electron chi connectivity index (χ4n) is 3.76. The summed E-state index contributed by atoms with van der Waals surface area (Å²) in [6.07, 6.45) is 5.52. The quantitative estimate of drug-likeness (QED) is 0.438. The van der Waals surface area contributed by atoms with Gasteiger partial charge in [-0.2, -0.15) is 0 Å². The first kappa shape index (κ1) is 19.0. The Morgan fingerprint density at radius 3 is 2.97 bits per heavy atom. The van der Waals surface area contributed by atoms with Gasteiger partial charge in [-0.25, -0.2) is 15.0 Å². The lowest BCUT2D eigenvalue weighted by atomic mass is 10.0. The molecule has 1 aromatic carbocycles. The maximum absolute atomic E-state index is 13.6. The first-order valence-electron chi connectivity index (χ1n) is 9.44. The van der Waals surface area contributed by atoms with E-state index in [0.717, 1.165) is 31.1 Å². The van der Waals surface area contributed by atoms with E-state index >= 15 is 0 Å². The van der Waals surface area contributed by atoms with E-state index in [9.17, 15) is 4.79 Å². The van der Waals surface area contributed by atoms with Crippen molar-refractivity contribution in [3.8, 4) is 0 Å². The molecule has 0 aliphatic carbocycles. The van der Waals surface area contributed by atoms with E-state index in [2.05, 4.69) is 30.9 Å². The number of carbonyl (C=O) groups excluding carboxylic acids is 1. The highest BCUT2D eigenvalue weighted by atomic mass is 79.9. The van der Waals surface area contributed by atoms with Crippen molar-refractivity contribution in [2.24, 2.45) is 5.73 Å². The first-order valence-corrected chi connectivity index (χ1v) is 11.0. The van der Waals surface area contributed by atoms with Gasteiger partial charge in [-0.3, -0.25) is 4.79 Å². The standard InChI is InChI=1S/C21H17BrN6OS/c22-12-5-6-14(24-10-12)13(9-23)21(29)28-8-7-16-18(26-11-25-16)19(28)20-27-15-3-1-2-4-17(15)30-20/h1-6,9-11,19H,7-8,23H2,(H,25,26)/p+1/b13-9+/t19-/m0/s1. The molecule has 5 rings (SSSR count). The summed E-state index contributed by atoms with van der Waals surface area (Å²) in [6.45, 7) is 0.544. The van der Waals surface area contributed by atoms with Gasteiger partial charge in [-0.05, 0) is 34.1 Å². The molecule has 0 bridgehead atoms. The van der Waals surface area contributed by atoms with Crippen LogP contribution in [0.3, 0.4) is 0 Å². The Labute approximate surface area is 184 Å². The number of hydrogen-bond donors (Lipinski definition) is 2. The molecular weight excluding hydrogens is 464 g/mol. The molecule has 0 saturated carbocycles. The zero-order chi connectivity index (χ0) is 20.7. The Morgan fingerprint density at radius 2 is 2.20 bits per heavy atom. The number of pyridine rings is 1. The number of halogens is 1. The second-order valence-corrected chi connectivity index (χ2v) is 8.92. The van der Waals surface area contributed by atoms with Crippen LogP contribution in [-0.4, -0.2) is 32.3 Å². The molecule has 0 radical (unpaired) electrons. The average molecular weight is 482 g/mol. The summed E-state index contributed by atoms with van der Waals surface area (Å²) in [5, 5.41) is 0.841. The zero-order valence-electron chi connectivity index (χ0n) is 15.8. The van der Waals surface area contributed by atoms with Crippen molar-refractivity contribution < 1.29 is 9.78 Å². The number of imidazole rings is 1. The lowest BCUT2D eigenvalue weighted by Crippen LogP contribution is -2.41. The SMILES string of the molecule is N/C=C(/C(=O)N1CCc2[nH]cnc2[C@H]1c1nc2ccccc2s1)c1ccc(Br)c[nH+]1. The minimum Gasteiger partial charge on any atom is -0.404 e. The Hall–Kier alpha value is -3.04. The number of nitrogens with one attached hydrogen (secondary N) is 2. The highest BCUT2D eigenvalue weighted by Crippen LogP contribution is 2.38. The Bertz CT molecular complexity index is 1230. The van der Waals surface area contributed by atoms with Gasteiger partial charge in [0.05, 0.1) is 26.7 Å². The van der Waals surface area contributed by atoms with Gasteiger partial charge >= 0.3 is 0 Å². The molecule has 0 saturated heterocycles. The lowest BCUT2D eigenvalue weighted by Gasteiger charge is -2.33. The van der Waals surface area contributed by atoms with Gasteiger partial charge in [-0.15, -0.1) is 11.3 Å². The summed E-state index contributed by atoms with van der Waals surface area (Å²) in [7, 11) is 0. The zero-order valence-corrected chi connectivity index (χ0v) is 18.2. The first-order chi connectivity index (χ1) is 14.7. The number of nitrogens with two attached hydrogens (primary N) is 1. The van der Waals surface area contributed by atoms with Gasteiger partial charge < -0.3 is 15.6 Å². The number of fused-ring (bicyclic) bond motifs is 2. The van der Waals surface area contributed by atoms with Crippen molar-refractivity contribution in [3.63, 3.8) is 0 Å². The second-order valence-electron chi connectivity index (χ2n) is 6.94. The van der Waals surface area contributed by atoms with Crippen molar-refractivity contribution in [3.05, 3.63) is 81.7 Å². The molecule has 1 atom stereocenters. The van der Waals surface area contributed by atoms with E-state index in [1.807, 2.05) is 41.3 Å². The fourth-order valence-corrected chi connectivity index (χ4v) is 5.09. The van der Waals surface area contributed by atoms with E-state index in [0.29, 0.717) is 24.2 Å². The van der Waals surface area contributed by atoms with Gasteiger partial charge in [0.15, 0.2) is 6.20 Å². The van der Waals surface area contributed by atoms with Crippen LogP contribution in [0.5, 0.6) is 0 Å². The van der Waals surface area contributed by atoms with Crippen LogP contribution in [0, 0.1) is 0 Å². The third-order valence-corrected chi connectivity index (χ3v) is 6.77. The number of hydrogen-bond acceptors (Lipinski definition) is 5. The van der Waals surface area contributed by atoms with E-state index in [-0.39, 0.29) is 11.9 Å². The molecule has 0 spiro atoms. The van der Waals surface area contributed by atoms with Gasteiger partial charge in [0, 0.05) is 30.9 Å². The lowest BCUT2D eigenvalue weighted by molar-refractivity contribution is -0.382. The summed E-state index contributed by atoms with van der Waals surface area (Å²) >= 11 is 4.99. The van der Waals surface area contributed by atoms with Crippen LogP contribution >= 0.6 is 27.3 Å². The van der Waals surface area contributed by atoms with E-state index in [4.69, 9.17) is 10.7 Å². The highest BCUT2D eigenvalue weighted by Gasteiger charge is 2.38. The molecule has 4 N–H and O–H groups in total. The second kappa shape index (κ2) is 7.66. The Morgan fingerprint density at radius 1 is 1.33 bits per heavy atom. The molecule has 9 heteroatoms. The smallest absolute Gasteiger partial charge is 0.263 e. The number of rotatable bonds is 3. The topological polar surface area (TPSA) is 102 Å². The molecule has 30 heavy (non-hydrogen) atoms. The molecule has 4 aromatic rings. The van der Waals surface area contributed by atoms with E-state index < -0.39 is 0 Å². The Kier molecular flexibility index (Phi) is 4.84. The van der Waals surface area contributed by atoms with Crippen LogP contribution in [0.15, 0.2) is 59.6 Å². The Balaban J connectivity index is 1.59. The molecule has 1 amide bonds. The van der Waals surface area contributed by atoms with E-state index in [1.54, 1.807) is 23.9 Å². The number of amides is 1. The fraction of sp³-hybridized carbons (Fsp3) is 0.143. The van der Waals surface area contributed by atoms with Crippen LogP contribution in [0.4, 0.5) is 0 Å². The number of aromatic nitrogens is 4. The van der Waals surface area contributed by atoms with Gasteiger partial charge in [0.25, 0.3) is 5.91 Å². The highest BCUT2D eigenvalue weighted by molar-refractivity contribution is 9.10. The largest absolute Gasteiger partial charge is 0.404 e. The van der Waals surface area contributed by atoms with Crippen LogP contribution in [0.2, 0.25) is 0 Å². The molecule has 1 aliphatic rings. The minimum absolute atomic E-state index is 0.158. The molecular formula is C21H18BrN6OS+. The predicted octanol–water partition coefficient (Wildman–Crippen LogP) is 3.07. The average Bonchev–Trinajstić information content (AvgIpc) is 3.41. The summed E-state index contributed by atoms with van der Waals surface area (Å²) < 4.78 is 1.97. The number of thiazole rings is 1. The van der Waals surface area contributed by atoms with Crippen LogP contribution in [0.25, 0.3) is 15.8 Å². The normalized spacial score (nSPS) is 16.6. The van der Waals surface area contributed by atoms with Gasteiger partial charge in [-0.1, -0.05) is 12.1 Å². The van der Waals surface area contributed by atoms with E-state index in [1.165, 1.54) is 6.20 Å². The molecule has 1 aliphatic heterocycles. The molecule has 7 nitrogen and oxygen atoms in total. The molecule has 150 valence electrons. The number of benzene rings is 1. The van der Waals surface area contributed by atoms with Crippen molar-refractivity contribution in [2.45, 2.75) is 12.5 Å². The number of para-hydroxylation sites is 1. The van der Waals surface area contributed by atoms with Crippen LogP contribution < -0.4 is 10.7 Å². The van der Waals surface area contributed by atoms with Gasteiger partial charge in [0.2, 0.25) is 5.69 Å². The monoisotopic (exact) mass is 481 g/mol.